The van der Waals surface area contributed by atoms with Gasteiger partial charge in [0.05, 0.1) is 11.1 Å². The van der Waals surface area contributed by atoms with E-state index in [1.807, 2.05) is 24.3 Å². The average Bonchev–Trinajstić information content (AvgIpc) is 3.33. The van der Waals surface area contributed by atoms with E-state index in [1.54, 1.807) is 17.7 Å². The topological polar surface area (TPSA) is 50.2 Å². The van der Waals surface area contributed by atoms with Crippen molar-refractivity contribution in [2.75, 3.05) is 5.43 Å². The lowest BCUT2D eigenvalue weighted by Crippen LogP contribution is -2.28. The van der Waals surface area contributed by atoms with Gasteiger partial charge in [0, 0.05) is 9.75 Å². The van der Waals surface area contributed by atoms with Crippen LogP contribution >= 0.6 is 22.7 Å². The second-order valence-electron chi connectivity index (χ2n) is 7.97. The lowest BCUT2D eigenvalue weighted by atomic mass is 9.69. The van der Waals surface area contributed by atoms with Gasteiger partial charge in [-0.25, -0.2) is 9.97 Å². The van der Waals surface area contributed by atoms with Gasteiger partial charge >= 0.3 is 0 Å². The van der Waals surface area contributed by atoms with Gasteiger partial charge in [-0.1, -0.05) is 33.3 Å². The zero-order valence-electron chi connectivity index (χ0n) is 16.4. The number of nitrogens with zero attached hydrogens (tertiary/aromatic N) is 3. The van der Waals surface area contributed by atoms with Crippen molar-refractivity contribution in [3.63, 3.8) is 0 Å². The molecule has 0 saturated heterocycles. The van der Waals surface area contributed by atoms with Gasteiger partial charge in [-0.15, -0.1) is 22.7 Å². The first-order valence-electron chi connectivity index (χ1n) is 9.59. The van der Waals surface area contributed by atoms with E-state index >= 15 is 0 Å². The van der Waals surface area contributed by atoms with Crippen LogP contribution in [0.2, 0.25) is 0 Å². The molecule has 3 aromatic rings. The Balaban J connectivity index is 1.69. The second-order valence-corrected chi connectivity index (χ2v) is 10.0. The summed E-state index contributed by atoms with van der Waals surface area (Å²) in [4.78, 5) is 12.8. The molecule has 0 fully saturated rings. The summed E-state index contributed by atoms with van der Waals surface area (Å²) in [5.41, 5.74) is 6.02. The minimum Gasteiger partial charge on any atom is -0.260 e. The van der Waals surface area contributed by atoms with Crippen LogP contribution in [0.1, 0.15) is 55.9 Å². The molecule has 0 unspecified atom stereocenters. The molecule has 1 atom stereocenters. The van der Waals surface area contributed by atoms with Gasteiger partial charge in [-0.2, -0.15) is 5.10 Å². The normalized spacial score (nSPS) is 17.9. The van der Waals surface area contributed by atoms with E-state index in [2.05, 4.69) is 52.7 Å². The molecule has 4 nitrogen and oxygen atoms in total. The van der Waals surface area contributed by atoms with Gasteiger partial charge in [0.25, 0.3) is 0 Å². The first-order valence-corrected chi connectivity index (χ1v) is 11.3. The van der Waals surface area contributed by atoms with Crippen LogP contribution in [0, 0.1) is 11.3 Å². The predicted molar refractivity (Wildman–Crippen MR) is 117 cm³/mol. The molecule has 142 valence electrons. The lowest BCUT2D eigenvalue weighted by Gasteiger charge is -2.36. The Morgan fingerprint density at radius 2 is 2.22 bits per heavy atom. The quantitative estimate of drug-likeness (QED) is 0.415. The molecule has 1 aliphatic carbocycles. The number of anilines is 1. The lowest BCUT2D eigenvalue weighted by molar-refractivity contribution is 0.184. The summed E-state index contributed by atoms with van der Waals surface area (Å²) < 4.78 is 0. The third kappa shape index (κ3) is 3.52. The summed E-state index contributed by atoms with van der Waals surface area (Å²) in [6.45, 7) is 9.14. The molecular weight excluding hydrogens is 372 g/mol. The number of nitrogens with one attached hydrogen (secondary N) is 1. The SMILES string of the molecule is CCC(C)(C)[C@H]1CCc2sc3ncnc(N/N=C(/C)c4cccs4)c3c2C1. The molecule has 1 N–H and O–H groups in total. The van der Waals surface area contributed by atoms with Crippen LogP contribution in [-0.2, 0) is 12.8 Å². The van der Waals surface area contributed by atoms with Crippen LogP contribution in [0.4, 0.5) is 5.82 Å². The smallest absolute Gasteiger partial charge is 0.158 e. The Hall–Kier alpha value is -1.79. The summed E-state index contributed by atoms with van der Waals surface area (Å²) in [5, 5.41) is 7.84. The summed E-state index contributed by atoms with van der Waals surface area (Å²) in [6, 6.07) is 4.14. The number of aryl methyl sites for hydroxylation is 1. The van der Waals surface area contributed by atoms with Gasteiger partial charge in [0.2, 0.25) is 0 Å². The Bertz CT molecular complexity index is 970. The third-order valence-corrected chi connectivity index (χ3v) is 8.24. The molecule has 0 aromatic carbocycles. The van der Waals surface area contributed by atoms with E-state index in [9.17, 15) is 0 Å². The molecule has 0 aliphatic heterocycles. The van der Waals surface area contributed by atoms with Crippen molar-refractivity contribution in [3.05, 3.63) is 39.2 Å². The second kappa shape index (κ2) is 7.32. The van der Waals surface area contributed by atoms with Gasteiger partial charge in [0.1, 0.15) is 11.2 Å². The fraction of sp³-hybridized carbons (Fsp3) is 0.476. The highest BCUT2D eigenvalue weighted by molar-refractivity contribution is 7.19. The number of hydrazone groups is 1. The molecule has 6 heteroatoms. The van der Waals surface area contributed by atoms with E-state index in [4.69, 9.17) is 0 Å². The first kappa shape index (κ1) is 18.6. The van der Waals surface area contributed by atoms with Crippen LogP contribution in [0.5, 0.6) is 0 Å². The zero-order chi connectivity index (χ0) is 19.0. The molecule has 0 amide bonds. The van der Waals surface area contributed by atoms with Crippen molar-refractivity contribution in [2.24, 2.45) is 16.4 Å². The van der Waals surface area contributed by atoms with Gasteiger partial charge in [0.15, 0.2) is 5.82 Å². The van der Waals surface area contributed by atoms with Crippen molar-refractivity contribution in [1.82, 2.24) is 9.97 Å². The highest BCUT2D eigenvalue weighted by Crippen LogP contribution is 2.45. The van der Waals surface area contributed by atoms with Crippen LogP contribution in [0.15, 0.2) is 28.9 Å². The van der Waals surface area contributed by atoms with E-state index in [0.29, 0.717) is 11.3 Å². The zero-order valence-corrected chi connectivity index (χ0v) is 18.0. The summed E-state index contributed by atoms with van der Waals surface area (Å²) in [5.74, 6) is 1.54. The van der Waals surface area contributed by atoms with Crippen LogP contribution in [0.3, 0.4) is 0 Å². The maximum absolute atomic E-state index is 4.59. The number of fused-ring (bicyclic) bond motifs is 3. The average molecular weight is 399 g/mol. The first-order chi connectivity index (χ1) is 13.0. The molecule has 27 heavy (non-hydrogen) atoms. The van der Waals surface area contributed by atoms with Crippen LogP contribution in [-0.4, -0.2) is 15.7 Å². The van der Waals surface area contributed by atoms with Gasteiger partial charge < -0.3 is 0 Å². The molecular formula is C21H26N4S2. The van der Waals surface area contributed by atoms with Crippen molar-refractivity contribution in [2.45, 2.75) is 53.4 Å². The molecule has 3 heterocycles. The minimum atomic E-state index is 0.364. The van der Waals surface area contributed by atoms with E-state index < -0.39 is 0 Å². The van der Waals surface area contributed by atoms with Crippen molar-refractivity contribution in [3.8, 4) is 0 Å². The third-order valence-electron chi connectivity index (χ3n) is 6.06. The monoisotopic (exact) mass is 398 g/mol. The molecule has 0 bridgehead atoms. The van der Waals surface area contributed by atoms with E-state index in [-0.39, 0.29) is 0 Å². The predicted octanol–water partition coefficient (Wildman–Crippen LogP) is 6.13. The Morgan fingerprint density at radius 1 is 1.37 bits per heavy atom. The number of rotatable bonds is 5. The highest BCUT2D eigenvalue weighted by atomic mass is 32.1. The number of thiophene rings is 2. The molecule has 1 aliphatic rings. The van der Waals surface area contributed by atoms with Crippen molar-refractivity contribution >= 4 is 44.4 Å². The van der Waals surface area contributed by atoms with E-state index in [1.165, 1.54) is 33.5 Å². The fourth-order valence-corrected chi connectivity index (χ4v) is 5.69. The van der Waals surface area contributed by atoms with Crippen LogP contribution < -0.4 is 5.43 Å². The summed E-state index contributed by atoms with van der Waals surface area (Å²) in [7, 11) is 0. The molecule has 4 rings (SSSR count). The number of hydrogen-bond donors (Lipinski definition) is 1. The summed E-state index contributed by atoms with van der Waals surface area (Å²) >= 11 is 3.53. The Labute approximate surface area is 168 Å². The molecule has 3 aromatic heterocycles. The van der Waals surface area contributed by atoms with Crippen molar-refractivity contribution < 1.29 is 0 Å². The fourth-order valence-electron chi connectivity index (χ4n) is 3.82. The Morgan fingerprint density at radius 3 is 2.96 bits per heavy atom. The highest BCUT2D eigenvalue weighted by Gasteiger charge is 2.33. The van der Waals surface area contributed by atoms with Gasteiger partial charge in [-0.05, 0) is 54.5 Å². The van der Waals surface area contributed by atoms with Crippen molar-refractivity contribution in [1.29, 1.82) is 0 Å². The minimum absolute atomic E-state index is 0.364. The maximum Gasteiger partial charge on any atom is 0.158 e. The van der Waals surface area contributed by atoms with Crippen LogP contribution in [0.25, 0.3) is 10.2 Å². The van der Waals surface area contributed by atoms with Gasteiger partial charge in [-0.3, -0.25) is 5.43 Å². The molecule has 0 saturated carbocycles. The largest absolute Gasteiger partial charge is 0.260 e. The number of hydrogen-bond acceptors (Lipinski definition) is 6. The molecule has 0 radical (unpaired) electrons. The van der Waals surface area contributed by atoms with E-state index in [0.717, 1.165) is 29.2 Å². The Kier molecular flexibility index (Phi) is 5.03. The summed E-state index contributed by atoms with van der Waals surface area (Å²) in [6.07, 6.45) is 6.40. The maximum atomic E-state index is 4.59. The standard InChI is InChI=1S/C21H26N4S2/c1-5-21(3,4)14-8-9-17-15(11-14)18-19(22-12-23-20(18)27-17)25-24-13(2)16-7-6-10-26-16/h6-7,10,12,14H,5,8-9,11H2,1-4H3,(H,22,23,25)/b24-13-/t14-/m0/s1. The molecule has 0 spiro atoms. The number of aromatic nitrogens is 2.